The van der Waals surface area contributed by atoms with Crippen LogP contribution in [0, 0.1) is 0 Å². The minimum Gasteiger partial charge on any atom is -0.375 e. The Kier molecular flexibility index (Phi) is 6.50. The van der Waals surface area contributed by atoms with E-state index in [1.54, 1.807) is 11.3 Å². The zero-order chi connectivity index (χ0) is 11.2. The molecule has 96 valence electrons. The zero-order valence-corrected chi connectivity index (χ0v) is 11.1. The Bertz CT molecular complexity index is 326. The molecule has 1 atom stereocenters. The van der Waals surface area contributed by atoms with E-state index < -0.39 is 0 Å². The van der Waals surface area contributed by atoms with Gasteiger partial charge in [-0.3, -0.25) is 4.79 Å². The second kappa shape index (κ2) is 7.66. The number of morpholine rings is 1. The van der Waals surface area contributed by atoms with Gasteiger partial charge in [-0.25, -0.2) is 0 Å². The second-order valence-electron chi connectivity index (χ2n) is 3.81. The molecular weight excluding hydrogens is 260 g/mol. The molecule has 0 aliphatic carbocycles. The van der Waals surface area contributed by atoms with Crippen molar-refractivity contribution in [3.63, 3.8) is 0 Å². The Hall–Kier alpha value is -0.620. The van der Waals surface area contributed by atoms with Crippen LogP contribution < -0.4 is 10.6 Å². The predicted molar refractivity (Wildman–Crippen MR) is 70.6 cm³/mol. The smallest absolute Gasteiger partial charge is 0.222 e. The number of thiophene rings is 1. The molecule has 0 bridgehead atoms. The summed E-state index contributed by atoms with van der Waals surface area (Å²) in [5.41, 5.74) is 1.15. The maximum absolute atomic E-state index is 11.6. The van der Waals surface area contributed by atoms with Gasteiger partial charge in [0.2, 0.25) is 5.91 Å². The minimum absolute atomic E-state index is 0. The molecule has 2 heterocycles. The fourth-order valence-electron chi connectivity index (χ4n) is 1.62. The Morgan fingerprint density at radius 2 is 2.53 bits per heavy atom. The summed E-state index contributed by atoms with van der Waals surface area (Å²) in [6.45, 7) is 2.96. The van der Waals surface area contributed by atoms with Gasteiger partial charge in [-0.2, -0.15) is 11.3 Å². The van der Waals surface area contributed by atoms with E-state index >= 15 is 0 Å². The summed E-state index contributed by atoms with van der Waals surface area (Å²) in [5.74, 6) is 0.0555. The molecule has 0 radical (unpaired) electrons. The number of ether oxygens (including phenoxy) is 1. The molecule has 1 amide bonds. The van der Waals surface area contributed by atoms with Crippen molar-refractivity contribution in [3.8, 4) is 0 Å². The van der Waals surface area contributed by atoms with Crippen molar-refractivity contribution in [1.29, 1.82) is 0 Å². The molecule has 1 aliphatic rings. The van der Waals surface area contributed by atoms with Gasteiger partial charge >= 0.3 is 0 Å². The molecule has 2 rings (SSSR count). The highest BCUT2D eigenvalue weighted by atomic mass is 35.5. The Morgan fingerprint density at radius 3 is 3.18 bits per heavy atom. The van der Waals surface area contributed by atoms with Gasteiger partial charge in [-0.1, -0.05) is 0 Å². The van der Waals surface area contributed by atoms with Crippen LogP contribution >= 0.6 is 23.7 Å². The van der Waals surface area contributed by atoms with Crippen LogP contribution in [0.15, 0.2) is 16.8 Å². The summed E-state index contributed by atoms with van der Waals surface area (Å²) in [7, 11) is 0. The van der Waals surface area contributed by atoms with Gasteiger partial charge < -0.3 is 15.4 Å². The molecule has 1 fully saturated rings. The quantitative estimate of drug-likeness (QED) is 0.868. The average molecular weight is 277 g/mol. The molecule has 1 aromatic rings. The molecule has 1 aromatic heterocycles. The summed E-state index contributed by atoms with van der Waals surface area (Å²) < 4.78 is 5.46. The van der Waals surface area contributed by atoms with Crippen molar-refractivity contribution >= 4 is 29.7 Å². The van der Waals surface area contributed by atoms with Crippen LogP contribution in [0.5, 0.6) is 0 Å². The van der Waals surface area contributed by atoms with Gasteiger partial charge in [-0.05, 0) is 22.4 Å². The van der Waals surface area contributed by atoms with Gasteiger partial charge in [-0.15, -0.1) is 12.4 Å². The van der Waals surface area contributed by atoms with E-state index in [-0.39, 0.29) is 24.4 Å². The van der Waals surface area contributed by atoms with Crippen LogP contribution in [-0.2, 0) is 16.1 Å². The first-order chi connectivity index (χ1) is 7.84. The molecule has 0 spiro atoms. The lowest BCUT2D eigenvalue weighted by Crippen LogP contribution is -2.41. The molecule has 17 heavy (non-hydrogen) atoms. The number of rotatable bonds is 4. The molecule has 1 unspecified atom stereocenters. The number of nitrogens with one attached hydrogen (secondary N) is 2. The van der Waals surface area contributed by atoms with E-state index in [0.717, 1.165) is 18.7 Å². The van der Waals surface area contributed by atoms with Crippen molar-refractivity contribution < 1.29 is 9.53 Å². The summed E-state index contributed by atoms with van der Waals surface area (Å²) in [4.78, 5) is 11.6. The lowest BCUT2D eigenvalue weighted by molar-refractivity contribution is -0.124. The normalized spacial score (nSPS) is 19.4. The van der Waals surface area contributed by atoms with Crippen molar-refractivity contribution in [2.24, 2.45) is 0 Å². The van der Waals surface area contributed by atoms with E-state index in [4.69, 9.17) is 4.74 Å². The van der Waals surface area contributed by atoms with Gasteiger partial charge in [0.1, 0.15) is 0 Å². The van der Waals surface area contributed by atoms with Crippen LogP contribution in [0.25, 0.3) is 0 Å². The van der Waals surface area contributed by atoms with Gasteiger partial charge in [0.25, 0.3) is 0 Å². The number of amides is 1. The second-order valence-corrected chi connectivity index (χ2v) is 4.59. The highest BCUT2D eigenvalue weighted by Crippen LogP contribution is 2.06. The molecule has 0 aromatic carbocycles. The number of carbonyl (C=O) groups is 1. The SMILES string of the molecule is Cl.O=C(CC1CNCCO1)NCc1ccsc1. The molecule has 0 saturated carbocycles. The van der Waals surface area contributed by atoms with Gasteiger partial charge in [0.15, 0.2) is 0 Å². The minimum atomic E-state index is 0. The maximum atomic E-state index is 11.6. The van der Waals surface area contributed by atoms with E-state index in [1.165, 1.54) is 0 Å². The van der Waals surface area contributed by atoms with Gasteiger partial charge in [0, 0.05) is 19.6 Å². The topological polar surface area (TPSA) is 50.4 Å². The first kappa shape index (κ1) is 14.4. The molecule has 6 heteroatoms. The van der Waals surface area contributed by atoms with Crippen LogP contribution in [0.4, 0.5) is 0 Å². The summed E-state index contributed by atoms with van der Waals surface area (Å²) in [6.07, 6.45) is 0.466. The highest BCUT2D eigenvalue weighted by molar-refractivity contribution is 7.07. The largest absolute Gasteiger partial charge is 0.375 e. The Labute approximate surface area is 111 Å². The van der Waals surface area contributed by atoms with Crippen LogP contribution in [0.1, 0.15) is 12.0 Å². The first-order valence-electron chi connectivity index (χ1n) is 5.44. The fraction of sp³-hybridized carbons (Fsp3) is 0.545. The number of halogens is 1. The third-order valence-electron chi connectivity index (χ3n) is 2.49. The van der Waals surface area contributed by atoms with E-state index in [9.17, 15) is 4.79 Å². The molecule has 1 aliphatic heterocycles. The van der Waals surface area contributed by atoms with E-state index in [0.29, 0.717) is 19.6 Å². The van der Waals surface area contributed by atoms with Crippen molar-refractivity contribution in [2.75, 3.05) is 19.7 Å². The van der Waals surface area contributed by atoms with Crippen LogP contribution in [0.2, 0.25) is 0 Å². The highest BCUT2D eigenvalue weighted by Gasteiger charge is 2.16. The lowest BCUT2D eigenvalue weighted by atomic mass is 10.2. The monoisotopic (exact) mass is 276 g/mol. The van der Waals surface area contributed by atoms with Crippen molar-refractivity contribution in [1.82, 2.24) is 10.6 Å². The third-order valence-corrected chi connectivity index (χ3v) is 3.22. The van der Waals surface area contributed by atoms with E-state index in [1.807, 2.05) is 16.8 Å². The first-order valence-corrected chi connectivity index (χ1v) is 6.39. The predicted octanol–water partition coefficient (Wildman–Crippen LogP) is 1.16. The lowest BCUT2D eigenvalue weighted by Gasteiger charge is -2.22. The van der Waals surface area contributed by atoms with Crippen molar-refractivity contribution in [2.45, 2.75) is 19.1 Å². The summed E-state index contributed by atoms with van der Waals surface area (Å²) >= 11 is 1.64. The third kappa shape index (κ3) is 5.04. The zero-order valence-electron chi connectivity index (χ0n) is 9.48. The van der Waals surface area contributed by atoms with Gasteiger partial charge in [0.05, 0.1) is 19.1 Å². The average Bonchev–Trinajstić information content (AvgIpc) is 2.81. The van der Waals surface area contributed by atoms with Crippen molar-refractivity contribution in [3.05, 3.63) is 22.4 Å². The van der Waals surface area contributed by atoms with Crippen LogP contribution in [0.3, 0.4) is 0 Å². The molecule has 1 saturated heterocycles. The number of hydrogen-bond acceptors (Lipinski definition) is 4. The summed E-state index contributed by atoms with van der Waals surface area (Å²) in [5, 5.41) is 10.1. The molecule has 2 N–H and O–H groups in total. The van der Waals surface area contributed by atoms with E-state index in [2.05, 4.69) is 10.6 Å². The standard InChI is InChI=1S/C11H16N2O2S.ClH/c14-11(5-10-7-12-2-3-15-10)13-6-9-1-4-16-8-9;/h1,4,8,10,12H,2-3,5-7H2,(H,13,14);1H. The molecular formula is C11H17ClN2O2S. The summed E-state index contributed by atoms with van der Waals surface area (Å²) in [6, 6.07) is 2.02. The van der Waals surface area contributed by atoms with Crippen LogP contribution in [-0.4, -0.2) is 31.7 Å². The Balaban J connectivity index is 0.00000144. The molecule has 4 nitrogen and oxygen atoms in total. The number of hydrogen-bond donors (Lipinski definition) is 2. The fourth-order valence-corrected chi connectivity index (χ4v) is 2.29. The maximum Gasteiger partial charge on any atom is 0.222 e. The number of carbonyl (C=O) groups excluding carboxylic acids is 1. The Morgan fingerprint density at radius 1 is 1.65 bits per heavy atom.